The van der Waals surface area contributed by atoms with Crippen molar-refractivity contribution in [2.24, 2.45) is 0 Å². The zero-order valence-electron chi connectivity index (χ0n) is 9.41. The molecule has 0 aromatic carbocycles. The van der Waals surface area contributed by atoms with Gasteiger partial charge in [-0.3, -0.25) is 4.90 Å². The van der Waals surface area contributed by atoms with Crippen LogP contribution in [0.4, 0.5) is 0 Å². The van der Waals surface area contributed by atoms with E-state index in [9.17, 15) is 0 Å². The SMILES string of the molecule is CN(C)CC1CCCN1C1CCOC1. The van der Waals surface area contributed by atoms with Crippen LogP contribution < -0.4 is 0 Å². The summed E-state index contributed by atoms with van der Waals surface area (Å²) in [5, 5.41) is 0. The summed E-state index contributed by atoms with van der Waals surface area (Å²) in [6.07, 6.45) is 3.98. The molecule has 0 bridgehead atoms. The molecule has 82 valence electrons. The summed E-state index contributed by atoms with van der Waals surface area (Å²) >= 11 is 0. The van der Waals surface area contributed by atoms with Gasteiger partial charge in [0, 0.05) is 25.2 Å². The normalized spacial score (nSPS) is 34.5. The van der Waals surface area contributed by atoms with E-state index in [4.69, 9.17) is 4.74 Å². The van der Waals surface area contributed by atoms with Gasteiger partial charge in [-0.1, -0.05) is 0 Å². The molecule has 0 aliphatic carbocycles. The highest BCUT2D eigenvalue weighted by Crippen LogP contribution is 2.24. The summed E-state index contributed by atoms with van der Waals surface area (Å²) in [5.74, 6) is 0. The van der Waals surface area contributed by atoms with Crippen molar-refractivity contribution in [3.05, 3.63) is 0 Å². The van der Waals surface area contributed by atoms with Crippen molar-refractivity contribution in [2.45, 2.75) is 31.3 Å². The predicted molar refractivity (Wildman–Crippen MR) is 57.5 cm³/mol. The first-order valence-corrected chi connectivity index (χ1v) is 5.75. The molecule has 2 heterocycles. The summed E-state index contributed by atoms with van der Waals surface area (Å²) in [6.45, 7) is 4.42. The minimum absolute atomic E-state index is 0.711. The quantitative estimate of drug-likeness (QED) is 0.667. The first-order chi connectivity index (χ1) is 6.77. The van der Waals surface area contributed by atoms with E-state index < -0.39 is 0 Å². The standard InChI is InChI=1S/C11H22N2O/c1-12(2)8-10-4-3-6-13(10)11-5-7-14-9-11/h10-11H,3-9H2,1-2H3. The largest absolute Gasteiger partial charge is 0.380 e. The van der Waals surface area contributed by atoms with E-state index in [-0.39, 0.29) is 0 Å². The van der Waals surface area contributed by atoms with Gasteiger partial charge in [0.1, 0.15) is 0 Å². The van der Waals surface area contributed by atoms with Gasteiger partial charge in [0.15, 0.2) is 0 Å². The lowest BCUT2D eigenvalue weighted by Crippen LogP contribution is -2.44. The molecule has 0 saturated carbocycles. The molecule has 0 radical (unpaired) electrons. The van der Waals surface area contributed by atoms with E-state index in [0.717, 1.165) is 19.3 Å². The van der Waals surface area contributed by atoms with Gasteiger partial charge in [-0.05, 0) is 39.9 Å². The molecule has 2 rings (SSSR count). The molecular formula is C11H22N2O. The van der Waals surface area contributed by atoms with Crippen LogP contribution in [0.25, 0.3) is 0 Å². The molecular weight excluding hydrogens is 176 g/mol. The Morgan fingerprint density at radius 2 is 2.21 bits per heavy atom. The lowest BCUT2D eigenvalue weighted by molar-refractivity contribution is 0.123. The number of likely N-dealkylation sites (tertiary alicyclic amines) is 1. The number of ether oxygens (including phenoxy) is 1. The summed E-state index contributed by atoms with van der Waals surface area (Å²) in [7, 11) is 4.34. The Kier molecular flexibility index (Phi) is 3.42. The zero-order chi connectivity index (χ0) is 9.97. The number of nitrogens with zero attached hydrogens (tertiary/aromatic N) is 2. The first kappa shape index (κ1) is 10.4. The molecule has 2 fully saturated rings. The zero-order valence-corrected chi connectivity index (χ0v) is 9.41. The van der Waals surface area contributed by atoms with Crippen molar-refractivity contribution in [1.82, 2.24) is 9.80 Å². The van der Waals surface area contributed by atoms with Gasteiger partial charge >= 0.3 is 0 Å². The minimum Gasteiger partial charge on any atom is -0.380 e. The summed E-state index contributed by atoms with van der Waals surface area (Å²) < 4.78 is 5.47. The average Bonchev–Trinajstić information content (AvgIpc) is 2.70. The number of likely N-dealkylation sites (N-methyl/N-ethyl adjacent to an activating group) is 1. The molecule has 2 aliphatic heterocycles. The van der Waals surface area contributed by atoms with Crippen molar-refractivity contribution < 1.29 is 4.74 Å². The maximum Gasteiger partial charge on any atom is 0.0622 e. The van der Waals surface area contributed by atoms with Crippen LogP contribution in [-0.4, -0.2) is 62.3 Å². The molecule has 0 N–H and O–H groups in total. The summed E-state index contributed by atoms with van der Waals surface area (Å²) in [5.41, 5.74) is 0. The molecule has 3 nitrogen and oxygen atoms in total. The van der Waals surface area contributed by atoms with Gasteiger partial charge in [-0.25, -0.2) is 0 Å². The fraction of sp³-hybridized carbons (Fsp3) is 1.00. The highest BCUT2D eigenvalue weighted by Gasteiger charge is 2.32. The molecule has 0 aromatic rings. The average molecular weight is 198 g/mol. The van der Waals surface area contributed by atoms with E-state index in [1.807, 2.05) is 0 Å². The fourth-order valence-corrected chi connectivity index (χ4v) is 2.74. The van der Waals surface area contributed by atoms with Crippen molar-refractivity contribution >= 4 is 0 Å². The number of hydrogen-bond donors (Lipinski definition) is 0. The van der Waals surface area contributed by atoms with Gasteiger partial charge in [0.25, 0.3) is 0 Å². The second-order valence-electron chi connectivity index (χ2n) is 4.81. The third-order valence-corrected chi connectivity index (χ3v) is 3.37. The predicted octanol–water partition coefficient (Wildman–Crippen LogP) is 0.801. The van der Waals surface area contributed by atoms with Crippen molar-refractivity contribution in [1.29, 1.82) is 0 Å². The first-order valence-electron chi connectivity index (χ1n) is 5.75. The molecule has 0 aromatic heterocycles. The maximum absolute atomic E-state index is 5.47. The molecule has 0 spiro atoms. The van der Waals surface area contributed by atoms with Crippen LogP contribution >= 0.6 is 0 Å². The van der Waals surface area contributed by atoms with E-state index in [1.165, 1.54) is 32.4 Å². The fourth-order valence-electron chi connectivity index (χ4n) is 2.74. The molecule has 0 amide bonds. The maximum atomic E-state index is 5.47. The van der Waals surface area contributed by atoms with Crippen LogP contribution in [0.5, 0.6) is 0 Å². The van der Waals surface area contributed by atoms with Crippen LogP contribution in [0.3, 0.4) is 0 Å². The number of rotatable bonds is 3. The van der Waals surface area contributed by atoms with E-state index >= 15 is 0 Å². The second kappa shape index (κ2) is 4.60. The lowest BCUT2D eigenvalue weighted by atomic mass is 10.1. The highest BCUT2D eigenvalue weighted by atomic mass is 16.5. The topological polar surface area (TPSA) is 15.7 Å². The van der Waals surface area contributed by atoms with Gasteiger partial charge in [-0.15, -0.1) is 0 Å². The molecule has 14 heavy (non-hydrogen) atoms. The Balaban J connectivity index is 1.89. The Morgan fingerprint density at radius 3 is 2.86 bits per heavy atom. The van der Waals surface area contributed by atoms with Crippen LogP contribution in [0.15, 0.2) is 0 Å². The number of hydrogen-bond acceptors (Lipinski definition) is 3. The summed E-state index contributed by atoms with van der Waals surface area (Å²) in [4.78, 5) is 4.98. The monoisotopic (exact) mass is 198 g/mol. The molecule has 2 unspecified atom stereocenters. The third-order valence-electron chi connectivity index (χ3n) is 3.37. The van der Waals surface area contributed by atoms with E-state index in [1.54, 1.807) is 0 Å². The Labute approximate surface area is 87.0 Å². The van der Waals surface area contributed by atoms with Gasteiger partial charge in [-0.2, -0.15) is 0 Å². The van der Waals surface area contributed by atoms with Gasteiger partial charge in [0.05, 0.1) is 6.61 Å². The van der Waals surface area contributed by atoms with Crippen LogP contribution in [0, 0.1) is 0 Å². The Hall–Kier alpha value is -0.120. The van der Waals surface area contributed by atoms with E-state index in [0.29, 0.717) is 6.04 Å². The van der Waals surface area contributed by atoms with Crippen LogP contribution in [0.2, 0.25) is 0 Å². The molecule has 2 saturated heterocycles. The van der Waals surface area contributed by atoms with Crippen LogP contribution in [-0.2, 0) is 4.74 Å². The van der Waals surface area contributed by atoms with Gasteiger partial charge in [0.2, 0.25) is 0 Å². The highest BCUT2D eigenvalue weighted by molar-refractivity contribution is 4.87. The molecule has 2 aliphatic rings. The molecule has 3 heteroatoms. The van der Waals surface area contributed by atoms with Crippen molar-refractivity contribution in [3.8, 4) is 0 Å². The summed E-state index contributed by atoms with van der Waals surface area (Å²) in [6, 6.07) is 1.49. The smallest absolute Gasteiger partial charge is 0.0622 e. The van der Waals surface area contributed by atoms with Gasteiger partial charge < -0.3 is 9.64 Å². The lowest BCUT2D eigenvalue weighted by Gasteiger charge is -2.31. The Morgan fingerprint density at radius 1 is 1.36 bits per heavy atom. The third kappa shape index (κ3) is 2.27. The van der Waals surface area contributed by atoms with Crippen molar-refractivity contribution in [2.75, 3.05) is 40.4 Å². The molecule has 2 atom stereocenters. The van der Waals surface area contributed by atoms with Crippen molar-refractivity contribution in [3.63, 3.8) is 0 Å². The second-order valence-corrected chi connectivity index (χ2v) is 4.81. The Bertz CT molecular complexity index is 178. The minimum atomic E-state index is 0.711. The van der Waals surface area contributed by atoms with E-state index in [2.05, 4.69) is 23.9 Å². The van der Waals surface area contributed by atoms with Crippen LogP contribution in [0.1, 0.15) is 19.3 Å².